The first-order valence-electron chi connectivity index (χ1n) is 9.07. The minimum Gasteiger partial charge on any atom is -0.314 e. The van der Waals surface area contributed by atoms with Crippen LogP contribution in [0.1, 0.15) is 90.9 Å². The topological polar surface area (TPSA) is 15.3 Å². The number of nitrogens with zero attached hydrogens (tertiary/aromatic N) is 1. The summed E-state index contributed by atoms with van der Waals surface area (Å²) in [5, 5.41) is 2.20. The molecule has 0 bridgehead atoms. The maximum atomic E-state index is 3.62. The molecule has 1 N–H and O–H groups in total. The molecular formula is C18H35BrN2. The molecule has 124 valence electrons. The lowest BCUT2D eigenvalue weighted by Crippen LogP contribution is -2.40. The van der Waals surface area contributed by atoms with Crippen LogP contribution < -0.4 is 5.43 Å². The van der Waals surface area contributed by atoms with Gasteiger partial charge < -0.3 is 5.01 Å². The van der Waals surface area contributed by atoms with Crippen LogP contribution >= 0.6 is 15.9 Å². The van der Waals surface area contributed by atoms with E-state index in [1.807, 2.05) is 0 Å². The first-order valence-corrected chi connectivity index (χ1v) is 9.86. The normalized spacial score (nSPS) is 21.4. The van der Waals surface area contributed by atoms with E-state index < -0.39 is 0 Å². The summed E-state index contributed by atoms with van der Waals surface area (Å²) in [6.07, 6.45) is 21.3. The lowest BCUT2D eigenvalue weighted by Gasteiger charge is -2.22. The average molecular weight is 359 g/mol. The van der Waals surface area contributed by atoms with E-state index in [-0.39, 0.29) is 4.45 Å². The highest BCUT2D eigenvalue weighted by molar-refractivity contribution is 9.10. The van der Waals surface area contributed by atoms with Gasteiger partial charge in [0.05, 0.1) is 0 Å². The van der Waals surface area contributed by atoms with Crippen LogP contribution in [0.15, 0.2) is 12.3 Å². The van der Waals surface area contributed by atoms with Crippen molar-refractivity contribution in [1.82, 2.24) is 10.4 Å². The molecule has 21 heavy (non-hydrogen) atoms. The molecule has 0 saturated heterocycles. The molecule has 0 spiro atoms. The summed E-state index contributed by atoms with van der Waals surface area (Å²) in [5.74, 6) is 0. The molecule has 0 radical (unpaired) electrons. The van der Waals surface area contributed by atoms with Crippen molar-refractivity contribution in [1.29, 1.82) is 0 Å². The molecule has 1 atom stereocenters. The summed E-state index contributed by atoms with van der Waals surface area (Å²) in [7, 11) is 0. The van der Waals surface area contributed by atoms with Crippen molar-refractivity contribution >= 4 is 15.9 Å². The molecular weight excluding hydrogens is 324 g/mol. The van der Waals surface area contributed by atoms with Crippen LogP contribution in [0, 0.1) is 0 Å². The Balaban J connectivity index is 1.76. The van der Waals surface area contributed by atoms with E-state index in [9.17, 15) is 0 Å². The molecule has 0 aromatic carbocycles. The van der Waals surface area contributed by atoms with Crippen LogP contribution in [0.2, 0.25) is 0 Å². The van der Waals surface area contributed by atoms with Crippen molar-refractivity contribution in [3.8, 4) is 0 Å². The molecule has 1 rings (SSSR count). The highest BCUT2D eigenvalue weighted by atomic mass is 79.9. The third kappa shape index (κ3) is 10.4. The van der Waals surface area contributed by atoms with Gasteiger partial charge in [-0.25, -0.2) is 5.43 Å². The Hall–Kier alpha value is -0.0200. The van der Waals surface area contributed by atoms with Crippen LogP contribution in [0.5, 0.6) is 0 Å². The molecule has 3 heteroatoms. The fourth-order valence-corrected chi connectivity index (χ4v) is 3.18. The van der Waals surface area contributed by atoms with Gasteiger partial charge in [0.1, 0.15) is 4.45 Å². The highest BCUT2D eigenvalue weighted by Gasteiger charge is 2.23. The number of rotatable bonds is 13. The van der Waals surface area contributed by atoms with Crippen LogP contribution in [0.25, 0.3) is 0 Å². The fourth-order valence-electron chi connectivity index (χ4n) is 2.84. The first kappa shape index (κ1) is 19.0. The molecule has 0 amide bonds. The summed E-state index contributed by atoms with van der Waals surface area (Å²) < 4.78 is -0.0376. The summed E-state index contributed by atoms with van der Waals surface area (Å²) in [5.41, 5.74) is 3.41. The van der Waals surface area contributed by atoms with E-state index in [4.69, 9.17) is 0 Å². The van der Waals surface area contributed by atoms with Crippen LogP contribution in [0.3, 0.4) is 0 Å². The smallest absolute Gasteiger partial charge is 0.109 e. The van der Waals surface area contributed by atoms with Crippen LogP contribution in [0.4, 0.5) is 0 Å². The zero-order chi connectivity index (χ0) is 15.4. The molecule has 1 unspecified atom stereocenters. The van der Waals surface area contributed by atoms with E-state index in [2.05, 4.69) is 52.5 Å². The largest absolute Gasteiger partial charge is 0.314 e. The number of alkyl halides is 1. The third-order valence-corrected chi connectivity index (χ3v) is 4.62. The number of nitrogens with one attached hydrogen (secondary N) is 1. The summed E-state index contributed by atoms with van der Waals surface area (Å²) in [4.78, 5) is 0. The van der Waals surface area contributed by atoms with Gasteiger partial charge in [-0.3, -0.25) is 0 Å². The standard InChI is InChI=1S/C18H35BrN2/c1-3-4-5-6-7-8-9-10-11-12-13-14-16-21-17-15-18(2,19)20-21/h15,17,20H,3-14,16H2,1-2H3. The maximum absolute atomic E-state index is 3.62. The zero-order valence-electron chi connectivity index (χ0n) is 14.2. The van der Waals surface area contributed by atoms with Gasteiger partial charge in [0.25, 0.3) is 0 Å². The van der Waals surface area contributed by atoms with Crippen molar-refractivity contribution in [2.45, 2.75) is 95.3 Å². The van der Waals surface area contributed by atoms with Gasteiger partial charge in [0.15, 0.2) is 0 Å². The minimum atomic E-state index is -0.0376. The second kappa shape index (κ2) is 11.5. The number of hydrogen-bond donors (Lipinski definition) is 1. The zero-order valence-corrected chi connectivity index (χ0v) is 15.8. The van der Waals surface area contributed by atoms with Crippen molar-refractivity contribution in [3.05, 3.63) is 12.3 Å². The van der Waals surface area contributed by atoms with Gasteiger partial charge in [-0.1, -0.05) is 93.5 Å². The Morgan fingerprint density at radius 3 is 1.76 bits per heavy atom. The van der Waals surface area contributed by atoms with Crippen LogP contribution in [-0.4, -0.2) is 16.0 Å². The average Bonchev–Trinajstić information content (AvgIpc) is 2.79. The predicted octanol–water partition coefficient (Wildman–Crippen LogP) is 6.13. The molecule has 1 aliphatic rings. The van der Waals surface area contributed by atoms with Gasteiger partial charge in [-0.2, -0.15) is 0 Å². The number of unbranched alkanes of at least 4 members (excludes halogenated alkanes) is 11. The number of hydrazine groups is 1. The van der Waals surface area contributed by atoms with Crippen molar-refractivity contribution < 1.29 is 0 Å². The predicted molar refractivity (Wildman–Crippen MR) is 97.4 cm³/mol. The van der Waals surface area contributed by atoms with Gasteiger partial charge >= 0.3 is 0 Å². The summed E-state index contributed by atoms with van der Waals surface area (Å²) in [6, 6.07) is 0. The quantitative estimate of drug-likeness (QED) is 0.242. The molecule has 1 aliphatic heterocycles. The second-order valence-electron chi connectivity index (χ2n) is 6.59. The van der Waals surface area contributed by atoms with E-state index in [0.717, 1.165) is 6.54 Å². The Labute approximate surface area is 140 Å². The Bertz CT molecular complexity index is 276. The molecule has 0 aromatic rings. The molecule has 1 heterocycles. The van der Waals surface area contributed by atoms with E-state index in [1.54, 1.807) is 0 Å². The van der Waals surface area contributed by atoms with Crippen molar-refractivity contribution in [2.24, 2.45) is 0 Å². The molecule has 0 saturated carbocycles. The van der Waals surface area contributed by atoms with Gasteiger partial charge in [-0.05, 0) is 19.4 Å². The molecule has 0 fully saturated rings. The Kier molecular flexibility index (Phi) is 10.5. The lowest BCUT2D eigenvalue weighted by atomic mass is 10.1. The van der Waals surface area contributed by atoms with Crippen LogP contribution in [-0.2, 0) is 0 Å². The maximum Gasteiger partial charge on any atom is 0.109 e. The Morgan fingerprint density at radius 2 is 1.33 bits per heavy atom. The van der Waals surface area contributed by atoms with E-state index in [1.165, 1.54) is 77.0 Å². The van der Waals surface area contributed by atoms with Crippen molar-refractivity contribution in [3.63, 3.8) is 0 Å². The van der Waals surface area contributed by atoms with Gasteiger partial charge in [0.2, 0.25) is 0 Å². The number of halogens is 1. The van der Waals surface area contributed by atoms with E-state index in [0.29, 0.717) is 0 Å². The third-order valence-electron chi connectivity index (χ3n) is 4.18. The molecule has 0 aliphatic carbocycles. The summed E-state index contributed by atoms with van der Waals surface area (Å²) >= 11 is 3.62. The van der Waals surface area contributed by atoms with Gasteiger partial charge in [-0.15, -0.1) is 0 Å². The highest BCUT2D eigenvalue weighted by Crippen LogP contribution is 2.21. The summed E-state index contributed by atoms with van der Waals surface area (Å²) in [6.45, 7) is 5.54. The first-order chi connectivity index (χ1) is 10.1. The van der Waals surface area contributed by atoms with Crippen molar-refractivity contribution in [2.75, 3.05) is 6.54 Å². The molecule has 2 nitrogen and oxygen atoms in total. The monoisotopic (exact) mass is 358 g/mol. The minimum absolute atomic E-state index is 0.0376. The second-order valence-corrected chi connectivity index (χ2v) is 8.23. The SMILES string of the molecule is CCCCCCCCCCCCCCN1C=CC(C)(Br)N1. The lowest BCUT2D eigenvalue weighted by molar-refractivity contribution is 0.265. The number of hydrogen-bond acceptors (Lipinski definition) is 2. The molecule has 0 aromatic heterocycles. The van der Waals surface area contributed by atoms with E-state index >= 15 is 0 Å². The Morgan fingerprint density at radius 1 is 0.857 bits per heavy atom. The fraction of sp³-hybridized carbons (Fsp3) is 0.889. The van der Waals surface area contributed by atoms with Gasteiger partial charge in [0, 0.05) is 12.7 Å².